The van der Waals surface area contributed by atoms with Crippen molar-refractivity contribution in [1.29, 1.82) is 0 Å². The van der Waals surface area contributed by atoms with Crippen molar-refractivity contribution < 1.29 is 0 Å². The van der Waals surface area contributed by atoms with E-state index >= 15 is 0 Å². The number of allylic oxidation sites excluding steroid dienone is 2. The molecule has 1 aliphatic carbocycles. The van der Waals surface area contributed by atoms with Crippen molar-refractivity contribution in [1.82, 2.24) is 10.3 Å². The summed E-state index contributed by atoms with van der Waals surface area (Å²) in [5.41, 5.74) is 1.36. The van der Waals surface area contributed by atoms with Gasteiger partial charge in [0.05, 0.1) is 0 Å². The van der Waals surface area contributed by atoms with Gasteiger partial charge in [-0.1, -0.05) is 12.2 Å². The van der Waals surface area contributed by atoms with Gasteiger partial charge in [0.25, 0.3) is 0 Å². The Bertz CT molecular complexity index is 463. The first-order chi connectivity index (χ1) is 10.4. The van der Waals surface area contributed by atoms with Crippen LogP contribution >= 0.6 is 0 Å². The van der Waals surface area contributed by atoms with Gasteiger partial charge in [-0.05, 0) is 68.7 Å². The predicted octanol–water partition coefficient (Wildman–Crippen LogP) is 3.52. The third-order valence-electron chi connectivity index (χ3n) is 4.63. The number of aromatic nitrogens is 1. The lowest BCUT2D eigenvalue weighted by atomic mass is 9.94. The van der Waals surface area contributed by atoms with Crippen molar-refractivity contribution >= 4 is 5.82 Å². The molecule has 0 aromatic carbocycles. The second kappa shape index (κ2) is 7.60. The summed E-state index contributed by atoms with van der Waals surface area (Å²) >= 11 is 0. The first kappa shape index (κ1) is 14.6. The topological polar surface area (TPSA) is 28.2 Å². The van der Waals surface area contributed by atoms with Crippen molar-refractivity contribution in [2.75, 3.05) is 24.5 Å². The van der Waals surface area contributed by atoms with Crippen molar-refractivity contribution in [3.05, 3.63) is 36.0 Å². The van der Waals surface area contributed by atoms with E-state index in [-0.39, 0.29) is 0 Å². The van der Waals surface area contributed by atoms with E-state index in [1.807, 2.05) is 6.20 Å². The average Bonchev–Trinajstić information content (AvgIpc) is 2.57. The minimum atomic E-state index is 0.818. The molecule has 3 heteroatoms. The van der Waals surface area contributed by atoms with Crippen LogP contribution in [0.4, 0.5) is 5.82 Å². The predicted molar refractivity (Wildman–Crippen MR) is 88.5 cm³/mol. The van der Waals surface area contributed by atoms with E-state index in [1.54, 1.807) is 0 Å². The maximum absolute atomic E-state index is 4.55. The molecular weight excluding hydrogens is 258 g/mol. The lowest BCUT2D eigenvalue weighted by Crippen LogP contribution is -2.30. The SMILES string of the molecule is C1=CCC(CNCc2ccnc(N3CCCCC3)c2)CC1. The minimum Gasteiger partial charge on any atom is -0.357 e. The molecular formula is C18H27N3. The molecule has 114 valence electrons. The highest BCUT2D eigenvalue weighted by Gasteiger charge is 2.12. The Labute approximate surface area is 128 Å². The summed E-state index contributed by atoms with van der Waals surface area (Å²) in [5.74, 6) is 1.98. The van der Waals surface area contributed by atoms with Crippen LogP contribution in [0.2, 0.25) is 0 Å². The summed E-state index contributed by atoms with van der Waals surface area (Å²) < 4.78 is 0. The van der Waals surface area contributed by atoms with Crippen LogP contribution in [0.3, 0.4) is 0 Å². The number of nitrogens with one attached hydrogen (secondary N) is 1. The van der Waals surface area contributed by atoms with E-state index in [0.717, 1.165) is 37.9 Å². The molecule has 0 saturated carbocycles. The molecule has 1 saturated heterocycles. The van der Waals surface area contributed by atoms with Gasteiger partial charge in [-0.15, -0.1) is 0 Å². The lowest BCUT2D eigenvalue weighted by molar-refractivity contribution is 0.440. The van der Waals surface area contributed by atoms with Crippen LogP contribution in [0.5, 0.6) is 0 Å². The average molecular weight is 285 g/mol. The number of hydrogen-bond donors (Lipinski definition) is 1. The molecule has 3 rings (SSSR count). The Kier molecular flexibility index (Phi) is 5.28. The third kappa shape index (κ3) is 4.31. The van der Waals surface area contributed by atoms with Gasteiger partial charge in [0.2, 0.25) is 0 Å². The van der Waals surface area contributed by atoms with E-state index in [4.69, 9.17) is 0 Å². The Morgan fingerprint density at radius 2 is 2.10 bits per heavy atom. The quantitative estimate of drug-likeness (QED) is 0.839. The number of pyridine rings is 1. The first-order valence-corrected chi connectivity index (χ1v) is 8.47. The summed E-state index contributed by atoms with van der Waals surface area (Å²) in [5, 5.41) is 3.62. The number of hydrogen-bond acceptors (Lipinski definition) is 3. The Balaban J connectivity index is 1.49. The fraction of sp³-hybridized carbons (Fsp3) is 0.611. The lowest BCUT2D eigenvalue weighted by Gasteiger charge is -2.28. The molecule has 1 unspecified atom stereocenters. The summed E-state index contributed by atoms with van der Waals surface area (Å²) in [6.45, 7) is 4.42. The summed E-state index contributed by atoms with van der Waals surface area (Å²) in [7, 11) is 0. The molecule has 0 radical (unpaired) electrons. The molecule has 21 heavy (non-hydrogen) atoms. The monoisotopic (exact) mass is 285 g/mol. The highest BCUT2D eigenvalue weighted by atomic mass is 15.2. The second-order valence-electron chi connectivity index (χ2n) is 6.35. The molecule has 0 amide bonds. The molecule has 1 atom stereocenters. The van der Waals surface area contributed by atoms with Crippen LogP contribution in [0.25, 0.3) is 0 Å². The van der Waals surface area contributed by atoms with Gasteiger partial charge < -0.3 is 10.2 Å². The van der Waals surface area contributed by atoms with Crippen LogP contribution in [0.1, 0.15) is 44.1 Å². The molecule has 1 N–H and O–H groups in total. The molecule has 2 aliphatic rings. The maximum Gasteiger partial charge on any atom is 0.128 e. The van der Waals surface area contributed by atoms with Crippen LogP contribution < -0.4 is 10.2 Å². The van der Waals surface area contributed by atoms with Crippen LogP contribution in [-0.4, -0.2) is 24.6 Å². The molecule has 3 nitrogen and oxygen atoms in total. The normalized spacial score (nSPS) is 22.5. The van der Waals surface area contributed by atoms with Crippen LogP contribution in [0, 0.1) is 5.92 Å². The van der Waals surface area contributed by atoms with Crippen molar-refractivity contribution in [3.63, 3.8) is 0 Å². The third-order valence-corrected chi connectivity index (χ3v) is 4.63. The Hall–Kier alpha value is -1.35. The highest BCUT2D eigenvalue weighted by Crippen LogP contribution is 2.19. The highest BCUT2D eigenvalue weighted by molar-refractivity contribution is 5.41. The molecule has 1 fully saturated rings. The van der Waals surface area contributed by atoms with Crippen molar-refractivity contribution in [2.45, 2.75) is 45.1 Å². The van der Waals surface area contributed by atoms with Gasteiger partial charge in [-0.2, -0.15) is 0 Å². The molecule has 0 bridgehead atoms. The minimum absolute atomic E-state index is 0.818. The smallest absolute Gasteiger partial charge is 0.128 e. The standard InChI is InChI=1S/C18H27N3/c1-3-7-16(8-4-1)14-19-15-17-9-10-20-18(13-17)21-11-5-2-6-12-21/h1,3,9-10,13,16,19H,2,4-8,11-12,14-15H2. The Morgan fingerprint density at radius 1 is 1.19 bits per heavy atom. The molecule has 2 heterocycles. The van der Waals surface area contributed by atoms with Gasteiger partial charge in [-0.25, -0.2) is 4.98 Å². The summed E-state index contributed by atoms with van der Waals surface area (Å²) in [4.78, 5) is 6.98. The number of piperidine rings is 1. The zero-order valence-corrected chi connectivity index (χ0v) is 12.9. The number of rotatable bonds is 5. The van der Waals surface area contributed by atoms with E-state index < -0.39 is 0 Å². The zero-order valence-electron chi connectivity index (χ0n) is 12.9. The number of nitrogens with zero attached hydrogens (tertiary/aromatic N) is 2. The van der Waals surface area contributed by atoms with Gasteiger partial charge >= 0.3 is 0 Å². The second-order valence-corrected chi connectivity index (χ2v) is 6.35. The summed E-state index contributed by atoms with van der Waals surface area (Å²) in [6.07, 6.45) is 14.4. The van der Waals surface area contributed by atoms with Gasteiger partial charge in [0.15, 0.2) is 0 Å². The largest absolute Gasteiger partial charge is 0.357 e. The number of anilines is 1. The summed E-state index contributed by atoms with van der Waals surface area (Å²) in [6, 6.07) is 4.40. The van der Waals surface area contributed by atoms with Gasteiger partial charge in [0.1, 0.15) is 5.82 Å². The molecule has 1 aromatic rings. The molecule has 1 aliphatic heterocycles. The van der Waals surface area contributed by atoms with E-state index in [0.29, 0.717) is 0 Å². The maximum atomic E-state index is 4.55. The van der Waals surface area contributed by atoms with Crippen LogP contribution in [-0.2, 0) is 6.54 Å². The van der Waals surface area contributed by atoms with Gasteiger partial charge in [0, 0.05) is 25.8 Å². The fourth-order valence-corrected chi connectivity index (χ4v) is 3.33. The van der Waals surface area contributed by atoms with Crippen LogP contribution in [0.15, 0.2) is 30.5 Å². The zero-order chi connectivity index (χ0) is 14.3. The molecule has 1 aromatic heterocycles. The molecule has 0 spiro atoms. The first-order valence-electron chi connectivity index (χ1n) is 8.47. The van der Waals surface area contributed by atoms with E-state index in [9.17, 15) is 0 Å². The van der Waals surface area contributed by atoms with Crippen molar-refractivity contribution in [2.24, 2.45) is 5.92 Å². The van der Waals surface area contributed by atoms with Gasteiger partial charge in [-0.3, -0.25) is 0 Å². The van der Waals surface area contributed by atoms with E-state index in [2.05, 4.69) is 39.5 Å². The van der Waals surface area contributed by atoms with E-state index in [1.165, 1.54) is 44.1 Å². The fourth-order valence-electron chi connectivity index (χ4n) is 3.33. The Morgan fingerprint density at radius 3 is 2.90 bits per heavy atom. The van der Waals surface area contributed by atoms with Crippen molar-refractivity contribution in [3.8, 4) is 0 Å².